The van der Waals surface area contributed by atoms with Gasteiger partial charge in [0.25, 0.3) is 0 Å². The number of nitrogens with one attached hydrogen (secondary N) is 1. The highest BCUT2D eigenvalue weighted by atomic mass is 16.6. The van der Waals surface area contributed by atoms with Gasteiger partial charge in [0, 0.05) is 13.1 Å². The third-order valence-electron chi connectivity index (χ3n) is 4.41. The molecule has 2 N–H and O–H groups in total. The summed E-state index contributed by atoms with van der Waals surface area (Å²) in [5.74, 6) is -1.41. The SMILES string of the molecule is CC(C)(C)OC(=O)N1CCC([C@H](NC(=O)OCc2ccccc2)C(=O)O)CC1. The standard InChI is InChI=1S/C20H28N2O6/c1-20(2,3)28-19(26)22-11-9-15(10-12-22)16(17(23)24)21-18(25)27-13-14-7-5-4-6-8-14/h4-8,15-16H,9-13H2,1-3H3,(H,21,25)(H,23,24)/t16-/m0/s1. The molecule has 0 bridgehead atoms. The lowest BCUT2D eigenvalue weighted by atomic mass is 9.89. The first-order chi connectivity index (χ1) is 13.2. The van der Waals surface area contributed by atoms with Gasteiger partial charge < -0.3 is 24.8 Å². The van der Waals surface area contributed by atoms with E-state index in [2.05, 4.69) is 5.32 Å². The number of benzene rings is 1. The Morgan fingerprint density at radius 3 is 2.32 bits per heavy atom. The fourth-order valence-electron chi connectivity index (χ4n) is 3.01. The number of carbonyl (C=O) groups excluding carboxylic acids is 2. The molecule has 1 heterocycles. The summed E-state index contributed by atoms with van der Waals surface area (Å²) in [7, 11) is 0. The quantitative estimate of drug-likeness (QED) is 0.798. The van der Waals surface area contributed by atoms with Gasteiger partial charge in [-0.15, -0.1) is 0 Å². The first-order valence-electron chi connectivity index (χ1n) is 9.33. The van der Waals surface area contributed by atoms with E-state index in [-0.39, 0.29) is 12.5 Å². The van der Waals surface area contributed by atoms with Gasteiger partial charge in [0.15, 0.2) is 0 Å². The van der Waals surface area contributed by atoms with Crippen molar-refractivity contribution in [2.75, 3.05) is 13.1 Å². The molecule has 0 unspecified atom stereocenters. The van der Waals surface area contributed by atoms with Crippen molar-refractivity contribution < 1.29 is 29.0 Å². The minimum Gasteiger partial charge on any atom is -0.480 e. The van der Waals surface area contributed by atoms with E-state index in [1.54, 1.807) is 25.7 Å². The van der Waals surface area contributed by atoms with Gasteiger partial charge in [-0.25, -0.2) is 14.4 Å². The Morgan fingerprint density at radius 1 is 1.18 bits per heavy atom. The summed E-state index contributed by atoms with van der Waals surface area (Å²) < 4.78 is 10.5. The van der Waals surface area contributed by atoms with Crippen molar-refractivity contribution in [2.24, 2.45) is 5.92 Å². The fourth-order valence-corrected chi connectivity index (χ4v) is 3.01. The zero-order valence-electron chi connectivity index (χ0n) is 16.5. The van der Waals surface area contributed by atoms with Gasteiger partial charge in [-0.1, -0.05) is 30.3 Å². The van der Waals surface area contributed by atoms with Crippen LogP contribution in [0.1, 0.15) is 39.2 Å². The zero-order valence-corrected chi connectivity index (χ0v) is 16.5. The maximum Gasteiger partial charge on any atom is 0.410 e. The van der Waals surface area contributed by atoms with Crippen LogP contribution in [0.2, 0.25) is 0 Å². The Morgan fingerprint density at radius 2 is 1.79 bits per heavy atom. The summed E-state index contributed by atoms with van der Waals surface area (Å²) in [6.45, 7) is 6.21. The van der Waals surface area contributed by atoms with E-state index in [4.69, 9.17) is 9.47 Å². The van der Waals surface area contributed by atoms with E-state index in [1.165, 1.54) is 0 Å². The Balaban J connectivity index is 1.84. The molecule has 154 valence electrons. The maximum absolute atomic E-state index is 12.1. The maximum atomic E-state index is 12.1. The van der Waals surface area contributed by atoms with Crippen molar-refractivity contribution in [2.45, 2.75) is 51.9 Å². The number of hydrogen-bond donors (Lipinski definition) is 2. The molecule has 0 radical (unpaired) electrons. The molecule has 28 heavy (non-hydrogen) atoms. The summed E-state index contributed by atoms with van der Waals surface area (Å²) in [6.07, 6.45) is -0.274. The molecule has 1 aromatic carbocycles. The predicted octanol–water partition coefficient (Wildman–Crippen LogP) is 3.01. The summed E-state index contributed by atoms with van der Waals surface area (Å²) in [4.78, 5) is 37.3. The second kappa shape index (κ2) is 9.43. The number of carboxylic acid groups (broad SMARTS) is 1. The first-order valence-corrected chi connectivity index (χ1v) is 9.33. The summed E-state index contributed by atoms with van der Waals surface area (Å²) >= 11 is 0. The van der Waals surface area contributed by atoms with Crippen molar-refractivity contribution >= 4 is 18.2 Å². The number of piperidine rings is 1. The number of alkyl carbamates (subject to hydrolysis) is 1. The lowest BCUT2D eigenvalue weighted by Gasteiger charge is -2.35. The van der Waals surface area contributed by atoms with Crippen LogP contribution in [0.4, 0.5) is 9.59 Å². The summed E-state index contributed by atoms with van der Waals surface area (Å²) in [5.41, 5.74) is 0.233. The largest absolute Gasteiger partial charge is 0.480 e. The Labute approximate surface area is 164 Å². The van der Waals surface area contributed by atoms with E-state index in [1.807, 2.05) is 30.3 Å². The van der Waals surface area contributed by atoms with Crippen LogP contribution in [-0.4, -0.2) is 52.9 Å². The van der Waals surface area contributed by atoms with Crippen LogP contribution in [0.3, 0.4) is 0 Å². The van der Waals surface area contributed by atoms with E-state index >= 15 is 0 Å². The second-order valence-electron chi connectivity index (χ2n) is 7.83. The van der Waals surface area contributed by atoms with Gasteiger partial charge >= 0.3 is 18.2 Å². The minimum absolute atomic E-state index is 0.0656. The van der Waals surface area contributed by atoms with Crippen LogP contribution in [0.5, 0.6) is 0 Å². The highest BCUT2D eigenvalue weighted by Crippen LogP contribution is 2.23. The van der Waals surface area contributed by atoms with Crippen LogP contribution < -0.4 is 5.32 Å². The topological polar surface area (TPSA) is 105 Å². The number of hydrogen-bond acceptors (Lipinski definition) is 5. The smallest absolute Gasteiger partial charge is 0.410 e. The molecule has 8 heteroatoms. The van der Waals surface area contributed by atoms with Gasteiger partial charge in [-0.3, -0.25) is 0 Å². The Hall–Kier alpha value is -2.77. The predicted molar refractivity (Wildman–Crippen MR) is 102 cm³/mol. The highest BCUT2D eigenvalue weighted by Gasteiger charge is 2.35. The van der Waals surface area contributed by atoms with Gasteiger partial charge in [-0.05, 0) is 45.1 Å². The molecule has 0 saturated carbocycles. The Kier molecular flexibility index (Phi) is 7.25. The third kappa shape index (κ3) is 6.75. The molecule has 1 aromatic rings. The number of carbonyl (C=O) groups is 3. The molecule has 0 aromatic heterocycles. The van der Waals surface area contributed by atoms with Gasteiger partial charge in [0.1, 0.15) is 18.2 Å². The van der Waals surface area contributed by atoms with Crippen LogP contribution in [0.15, 0.2) is 30.3 Å². The average molecular weight is 392 g/mol. The van der Waals surface area contributed by atoms with Crippen molar-refractivity contribution in [3.8, 4) is 0 Å². The molecule has 1 fully saturated rings. The lowest BCUT2D eigenvalue weighted by molar-refractivity contribution is -0.141. The van der Waals surface area contributed by atoms with Crippen molar-refractivity contribution in [1.82, 2.24) is 10.2 Å². The van der Waals surface area contributed by atoms with E-state index < -0.39 is 29.8 Å². The molecule has 1 aliphatic rings. The van der Waals surface area contributed by atoms with Crippen LogP contribution >= 0.6 is 0 Å². The molecule has 0 spiro atoms. The number of aliphatic carboxylic acids is 1. The van der Waals surface area contributed by atoms with Gasteiger partial charge in [0.2, 0.25) is 0 Å². The third-order valence-corrected chi connectivity index (χ3v) is 4.41. The number of ether oxygens (including phenoxy) is 2. The van der Waals surface area contributed by atoms with Crippen molar-refractivity contribution in [3.63, 3.8) is 0 Å². The molecule has 2 rings (SSSR count). The monoisotopic (exact) mass is 392 g/mol. The number of nitrogens with zero attached hydrogens (tertiary/aromatic N) is 1. The lowest BCUT2D eigenvalue weighted by Crippen LogP contribution is -2.51. The van der Waals surface area contributed by atoms with Crippen LogP contribution in [0.25, 0.3) is 0 Å². The molecular formula is C20H28N2O6. The normalized spacial score (nSPS) is 16.2. The molecule has 1 atom stereocenters. The first kappa shape index (κ1) is 21.5. The number of rotatable bonds is 5. The van der Waals surface area contributed by atoms with Crippen LogP contribution in [-0.2, 0) is 20.9 Å². The van der Waals surface area contributed by atoms with Gasteiger partial charge in [-0.2, -0.15) is 0 Å². The molecule has 2 amide bonds. The molecular weight excluding hydrogens is 364 g/mol. The fraction of sp³-hybridized carbons (Fsp3) is 0.550. The molecule has 1 aliphatic heterocycles. The summed E-state index contributed by atoms with van der Waals surface area (Å²) in [5, 5.41) is 12.0. The molecule has 1 saturated heterocycles. The second-order valence-corrected chi connectivity index (χ2v) is 7.83. The highest BCUT2D eigenvalue weighted by molar-refractivity contribution is 5.80. The van der Waals surface area contributed by atoms with Crippen LogP contribution in [0, 0.1) is 5.92 Å². The van der Waals surface area contributed by atoms with E-state index in [9.17, 15) is 19.5 Å². The summed E-state index contributed by atoms with van der Waals surface area (Å²) in [6, 6.07) is 8.07. The molecule has 0 aliphatic carbocycles. The number of likely N-dealkylation sites (tertiary alicyclic amines) is 1. The molecule has 8 nitrogen and oxygen atoms in total. The van der Waals surface area contributed by atoms with E-state index in [0.29, 0.717) is 25.9 Å². The van der Waals surface area contributed by atoms with E-state index in [0.717, 1.165) is 5.56 Å². The Bertz CT molecular complexity index is 678. The number of amides is 2. The van der Waals surface area contributed by atoms with Crippen molar-refractivity contribution in [3.05, 3.63) is 35.9 Å². The average Bonchev–Trinajstić information content (AvgIpc) is 2.64. The minimum atomic E-state index is -1.12. The number of carboxylic acids is 1. The zero-order chi connectivity index (χ0) is 20.7. The van der Waals surface area contributed by atoms with Crippen molar-refractivity contribution in [1.29, 1.82) is 0 Å². The van der Waals surface area contributed by atoms with Gasteiger partial charge in [0.05, 0.1) is 0 Å².